The molecule has 1 amide bonds. The maximum Gasteiger partial charge on any atom is 0.330 e. The fraction of sp³-hybridized carbons (Fsp3) is 0.143. The number of aliphatic carboxylic acids is 1. The first-order valence-electron chi connectivity index (χ1n) is 8.77. The van der Waals surface area contributed by atoms with E-state index in [-0.39, 0.29) is 0 Å². The van der Waals surface area contributed by atoms with Crippen molar-refractivity contribution in [2.24, 2.45) is 0 Å². The van der Waals surface area contributed by atoms with Crippen molar-refractivity contribution in [3.8, 4) is 17.0 Å². The van der Waals surface area contributed by atoms with Gasteiger partial charge >= 0.3 is 5.97 Å². The molecule has 8 nitrogen and oxygen atoms in total. The Balaban J connectivity index is 1.81. The minimum Gasteiger partial charge on any atom is -0.497 e. The highest BCUT2D eigenvalue weighted by Crippen LogP contribution is 2.21. The summed E-state index contributed by atoms with van der Waals surface area (Å²) in [6.45, 7) is -0.409. The third-order valence-corrected chi connectivity index (χ3v) is 4.21. The van der Waals surface area contributed by atoms with Crippen molar-refractivity contribution >= 4 is 11.9 Å². The predicted molar refractivity (Wildman–Crippen MR) is 105 cm³/mol. The zero-order valence-electron chi connectivity index (χ0n) is 15.6. The van der Waals surface area contributed by atoms with Gasteiger partial charge in [-0.05, 0) is 23.8 Å². The van der Waals surface area contributed by atoms with Crippen molar-refractivity contribution in [1.82, 2.24) is 15.1 Å². The van der Waals surface area contributed by atoms with Crippen LogP contribution in [0.5, 0.6) is 5.75 Å². The van der Waals surface area contributed by atoms with E-state index < -0.39 is 30.0 Å². The molecule has 0 saturated heterocycles. The molecule has 1 unspecified atom stereocenters. The number of methoxy groups -OCH3 is 1. The van der Waals surface area contributed by atoms with Crippen LogP contribution >= 0.6 is 0 Å². The number of carboxylic acid groups (broad SMARTS) is 1. The van der Waals surface area contributed by atoms with Crippen molar-refractivity contribution < 1.29 is 19.4 Å². The molecule has 29 heavy (non-hydrogen) atoms. The van der Waals surface area contributed by atoms with Crippen LogP contribution in [0.3, 0.4) is 0 Å². The molecule has 2 N–H and O–H groups in total. The van der Waals surface area contributed by atoms with E-state index in [2.05, 4.69) is 10.4 Å². The summed E-state index contributed by atoms with van der Waals surface area (Å²) < 4.78 is 6.18. The fourth-order valence-corrected chi connectivity index (χ4v) is 2.77. The Morgan fingerprint density at radius 2 is 1.86 bits per heavy atom. The van der Waals surface area contributed by atoms with E-state index in [4.69, 9.17) is 4.74 Å². The van der Waals surface area contributed by atoms with Crippen LogP contribution in [0, 0.1) is 0 Å². The molecule has 0 fully saturated rings. The first kappa shape index (κ1) is 19.8. The summed E-state index contributed by atoms with van der Waals surface area (Å²) in [5.74, 6) is -1.21. The molecular weight excluding hydrogens is 374 g/mol. The van der Waals surface area contributed by atoms with Crippen LogP contribution in [-0.4, -0.2) is 33.9 Å². The highest BCUT2D eigenvalue weighted by atomic mass is 16.5. The van der Waals surface area contributed by atoms with Crippen LogP contribution < -0.4 is 15.6 Å². The van der Waals surface area contributed by atoms with Crippen molar-refractivity contribution in [3.05, 3.63) is 82.6 Å². The predicted octanol–water partition coefficient (Wildman–Crippen LogP) is 1.86. The van der Waals surface area contributed by atoms with Gasteiger partial charge in [-0.3, -0.25) is 9.59 Å². The largest absolute Gasteiger partial charge is 0.497 e. The second-order valence-electron chi connectivity index (χ2n) is 6.20. The lowest BCUT2D eigenvalue weighted by Crippen LogP contribution is -2.38. The number of carbonyl (C=O) groups is 2. The number of rotatable bonds is 7. The van der Waals surface area contributed by atoms with E-state index in [9.17, 15) is 19.5 Å². The van der Waals surface area contributed by atoms with Gasteiger partial charge in [-0.1, -0.05) is 42.5 Å². The van der Waals surface area contributed by atoms with E-state index in [1.54, 1.807) is 67.8 Å². The summed E-state index contributed by atoms with van der Waals surface area (Å²) >= 11 is 0. The van der Waals surface area contributed by atoms with Crippen LogP contribution in [0.25, 0.3) is 11.3 Å². The lowest BCUT2D eigenvalue weighted by atomic mass is 10.1. The molecular formula is C21H19N3O5. The summed E-state index contributed by atoms with van der Waals surface area (Å²) in [6, 6.07) is 17.1. The Labute approximate surface area is 166 Å². The van der Waals surface area contributed by atoms with Crippen molar-refractivity contribution in [2.75, 3.05) is 7.11 Å². The summed E-state index contributed by atoms with van der Waals surface area (Å²) in [5.41, 5.74) is 1.15. The molecule has 1 heterocycles. The van der Waals surface area contributed by atoms with Gasteiger partial charge in [0.15, 0.2) is 6.04 Å². The van der Waals surface area contributed by atoms with Crippen molar-refractivity contribution in [2.45, 2.75) is 12.6 Å². The second-order valence-corrected chi connectivity index (χ2v) is 6.20. The Morgan fingerprint density at radius 1 is 1.10 bits per heavy atom. The number of amides is 1. The summed E-state index contributed by atoms with van der Waals surface area (Å²) in [5, 5.41) is 16.1. The summed E-state index contributed by atoms with van der Waals surface area (Å²) in [7, 11) is 1.55. The number of ether oxygens (including phenoxy) is 1. The van der Waals surface area contributed by atoms with Gasteiger partial charge in [0.1, 0.15) is 12.3 Å². The molecule has 0 aliphatic rings. The first-order chi connectivity index (χ1) is 14.0. The standard InChI is InChI=1S/C21H19N3O5/c1-29-16-9-5-8-15(12-16)17-10-11-19(26)24(23-17)13-18(25)22-20(21(27)28)14-6-3-2-4-7-14/h2-12,20H,13H2,1H3,(H,22,25)(H,27,28). The van der Waals surface area contributed by atoms with E-state index in [0.29, 0.717) is 22.6 Å². The van der Waals surface area contributed by atoms with Gasteiger partial charge in [-0.15, -0.1) is 0 Å². The van der Waals surface area contributed by atoms with E-state index in [0.717, 1.165) is 4.68 Å². The Bertz CT molecular complexity index is 1080. The number of carboxylic acids is 1. The number of nitrogens with one attached hydrogen (secondary N) is 1. The van der Waals surface area contributed by atoms with Gasteiger partial charge < -0.3 is 15.2 Å². The van der Waals surface area contributed by atoms with E-state index in [1.807, 2.05) is 0 Å². The van der Waals surface area contributed by atoms with Crippen LogP contribution in [0.15, 0.2) is 71.5 Å². The third kappa shape index (κ3) is 4.86. The lowest BCUT2D eigenvalue weighted by Gasteiger charge is -2.15. The Kier molecular flexibility index (Phi) is 6.03. The fourth-order valence-electron chi connectivity index (χ4n) is 2.77. The quantitative estimate of drug-likeness (QED) is 0.634. The van der Waals surface area contributed by atoms with Crippen LogP contribution in [0.1, 0.15) is 11.6 Å². The van der Waals surface area contributed by atoms with Crippen LogP contribution in [-0.2, 0) is 16.1 Å². The molecule has 1 atom stereocenters. The monoisotopic (exact) mass is 393 g/mol. The topological polar surface area (TPSA) is 111 Å². The average Bonchev–Trinajstić information content (AvgIpc) is 2.74. The molecule has 0 aliphatic heterocycles. The number of hydrogen-bond acceptors (Lipinski definition) is 5. The highest BCUT2D eigenvalue weighted by Gasteiger charge is 2.22. The van der Waals surface area contributed by atoms with Gasteiger partial charge in [-0.25, -0.2) is 9.48 Å². The van der Waals surface area contributed by atoms with E-state index in [1.165, 1.54) is 6.07 Å². The lowest BCUT2D eigenvalue weighted by molar-refractivity contribution is -0.142. The molecule has 8 heteroatoms. The average molecular weight is 393 g/mol. The van der Waals surface area contributed by atoms with Gasteiger partial charge in [0, 0.05) is 11.6 Å². The number of carbonyl (C=O) groups excluding carboxylic acids is 1. The molecule has 0 aliphatic carbocycles. The third-order valence-electron chi connectivity index (χ3n) is 4.21. The second kappa shape index (κ2) is 8.83. The molecule has 3 rings (SSSR count). The SMILES string of the molecule is COc1cccc(-c2ccc(=O)n(CC(=O)NC(C(=O)O)c3ccccc3)n2)c1. The maximum atomic E-state index is 12.4. The smallest absolute Gasteiger partial charge is 0.330 e. The van der Waals surface area contributed by atoms with Gasteiger partial charge in [0.25, 0.3) is 5.56 Å². The molecule has 3 aromatic rings. The van der Waals surface area contributed by atoms with Gasteiger partial charge in [0.2, 0.25) is 5.91 Å². The minimum atomic E-state index is -1.22. The molecule has 1 aromatic heterocycles. The highest BCUT2D eigenvalue weighted by molar-refractivity contribution is 5.84. The number of hydrogen-bond donors (Lipinski definition) is 2. The molecule has 2 aromatic carbocycles. The minimum absolute atomic E-state index is 0.409. The zero-order chi connectivity index (χ0) is 20.8. The Hall–Kier alpha value is -3.94. The maximum absolute atomic E-state index is 12.4. The summed E-state index contributed by atoms with van der Waals surface area (Å²) in [4.78, 5) is 36.1. The first-order valence-corrected chi connectivity index (χ1v) is 8.77. The van der Waals surface area contributed by atoms with Crippen molar-refractivity contribution in [3.63, 3.8) is 0 Å². The van der Waals surface area contributed by atoms with Crippen LogP contribution in [0.4, 0.5) is 0 Å². The normalized spacial score (nSPS) is 11.5. The Morgan fingerprint density at radius 3 is 2.55 bits per heavy atom. The molecule has 148 valence electrons. The molecule has 0 saturated carbocycles. The zero-order valence-corrected chi connectivity index (χ0v) is 15.6. The van der Waals surface area contributed by atoms with Crippen molar-refractivity contribution in [1.29, 1.82) is 0 Å². The molecule has 0 spiro atoms. The summed E-state index contributed by atoms with van der Waals surface area (Å²) in [6.07, 6.45) is 0. The van der Waals surface area contributed by atoms with Gasteiger partial charge in [-0.2, -0.15) is 5.10 Å². The molecule has 0 radical (unpaired) electrons. The molecule has 0 bridgehead atoms. The van der Waals surface area contributed by atoms with E-state index >= 15 is 0 Å². The number of benzene rings is 2. The van der Waals surface area contributed by atoms with Crippen LogP contribution in [0.2, 0.25) is 0 Å². The number of aromatic nitrogens is 2. The number of nitrogens with zero attached hydrogens (tertiary/aromatic N) is 2. The van der Waals surface area contributed by atoms with Gasteiger partial charge in [0.05, 0.1) is 12.8 Å².